The van der Waals surface area contributed by atoms with Crippen LogP contribution in [0.25, 0.3) is 0 Å². The van der Waals surface area contributed by atoms with E-state index in [2.05, 4.69) is 37.5 Å². The lowest BCUT2D eigenvalue weighted by Crippen LogP contribution is -2.50. The molecule has 1 aromatic rings. The standard InChI is InChI=1S/C16H27NO2S/c1-4-9-17-15(14-6-12-20-13(14)3)16(19-5-2)7-10-18-11-8-16/h6,12,15,17H,4-5,7-11H2,1-3H3. The fourth-order valence-electron chi connectivity index (χ4n) is 3.08. The molecule has 1 aliphatic rings. The van der Waals surface area contributed by atoms with E-state index in [-0.39, 0.29) is 11.6 Å². The van der Waals surface area contributed by atoms with Gasteiger partial charge in [0.25, 0.3) is 0 Å². The first-order valence-electron chi connectivity index (χ1n) is 7.72. The number of aryl methyl sites for hydroxylation is 1. The maximum absolute atomic E-state index is 6.27. The summed E-state index contributed by atoms with van der Waals surface area (Å²) in [4.78, 5) is 1.39. The van der Waals surface area contributed by atoms with E-state index >= 15 is 0 Å². The summed E-state index contributed by atoms with van der Waals surface area (Å²) in [6, 6.07) is 2.53. The van der Waals surface area contributed by atoms with Gasteiger partial charge in [0.15, 0.2) is 0 Å². The van der Waals surface area contributed by atoms with Gasteiger partial charge in [-0.05, 0) is 43.8 Å². The van der Waals surface area contributed by atoms with Crippen LogP contribution in [-0.2, 0) is 9.47 Å². The van der Waals surface area contributed by atoms with Gasteiger partial charge in [-0.25, -0.2) is 0 Å². The molecule has 0 saturated carbocycles. The topological polar surface area (TPSA) is 30.5 Å². The Morgan fingerprint density at radius 2 is 2.15 bits per heavy atom. The van der Waals surface area contributed by atoms with Crippen LogP contribution in [0, 0.1) is 6.92 Å². The van der Waals surface area contributed by atoms with Gasteiger partial charge in [0.1, 0.15) is 0 Å². The first-order valence-corrected chi connectivity index (χ1v) is 8.60. The second kappa shape index (κ2) is 7.55. The maximum Gasteiger partial charge on any atom is 0.0920 e. The largest absolute Gasteiger partial charge is 0.381 e. The van der Waals surface area contributed by atoms with Crippen LogP contribution in [0.1, 0.15) is 49.6 Å². The maximum atomic E-state index is 6.27. The predicted octanol–water partition coefficient (Wildman–Crippen LogP) is 3.68. The Morgan fingerprint density at radius 1 is 1.40 bits per heavy atom. The lowest BCUT2D eigenvalue weighted by atomic mass is 9.82. The smallest absolute Gasteiger partial charge is 0.0920 e. The van der Waals surface area contributed by atoms with Crippen LogP contribution in [0.2, 0.25) is 0 Å². The normalized spacial score (nSPS) is 19.9. The molecule has 1 aromatic heterocycles. The average molecular weight is 297 g/mol. The molecule has 0 amide bonds. The summed E-state index contributed by atoms with van der Waals surface area (Å²) in [5, 5.41) is 5.92. The van der Waals surface area contributed by atoms with E-state index in [1.165, 1.54) is 10.4 Å². The van der Waals surface area contributed by atoms with Gasteiger partial charge in [0.05, 0.1) is 11.6 Å². The Bertz CT molecular complexity index is 393. The minimum atomic E-state index is -0.117. The van der Waals surface area contributed by atoms with E-state index in [1.807, 2.05) is 11.3 Å². The lowest BCUT2D eigenvalue weighted by molar-refractivity contribution is -0.128. The van der Waals surface area contributed by atoms with Gasteiger partial charge >= 0.3 is 0 Å². The van der Waals surface area contributed by atoms with Crippen LogP contribution < -0.4 is 5.32 Å². The number of hydrogen-bond acceptors (Lipinski definition) is 4. The second-order valence-electron chi connectivity index (χ2n) is 5.43. The Kier molecular flexibility index (Phi) is 6.02. The second-order valence-corrected chi connectivity index (χ2v) is 6.55. The molecule has 2 rings (SSSR count). The zero-order valence-corrected chi connectivity index (χ0v) is 13.7. The quantitative estimate of drug-likeness (QED) is 0.832. The van der Waals surface area contributed by atoms with E-state index < -0.39 is 0 Å². The van der Waals surface area contributed by atoms with Crippen LogP contribution in [0.3, 0.4) is 0 Å². The minimum Gasteiger partial charge on any atom is -0.381 e. The van der Waals surface area contributed by atoms with Crippen molar-refractivity contribution in [1.29, 1.82) is 0 Å². The van der Waals surface area contributed by atoms with Crippen LogP contribution in [0.4, 0.5) is 0 Å². The molecule has 1 atom stereocenters. The number of ether oxygens (including phenoxy) is 2. The summed E-state index contributed by atoms with van der Waals surface area (Å²) >= 11 is 1.82. The van der Waals surface area contributed by atoms with Crippen molar-refractivity contribution in [2.45, 2.75) is 51.7 Å². The number of thiophene rings is 1. The van der Waals surface area contributed by atoms with E-state index in [9.17, 15) is 0 Å². The summed E-state index contributed by atoms with van der Waals surface area (Å²) < 4.78 is 11.8. The highest BCUT2D eigenvalue weighted by Gasteiger charge is 2.42. The van der Waals surface area contributed by atoms with Crippen molar-refractivity contribution in [3.8, 4) is 0 Å². The molecule has 1 unspecified atom stereocenters. The van der Waals surface area contributed by atoms with Crippen molar-refractivity contribution in [2.24, 2.45) is 0 Å². The van der Waals surface area contributed by atoms with Gasteiger partial charge in [-0.3, -0.25) is 0 Å². The van der Waals surface area contributed by atoms with Gasteiger partial charge in [-0.1, -0.05) is 6.92 Å². The lowest BCUT2D eigenvalue weighted by Gasteiger charge is -2.43. The molecule has 0 aliphatic carbocycles. The number of rotatable bonds is 7. The molecule has 1 aliphatic heterocycles. The molecular weight excluding hydrogens is 270 g/mol. The molecule has 20 heavy (non-hydrogen) atoms. The fourth-order valence-corrected chi connectivity index (χ4v) is 3.82. The third kappa shape index (κ3) is 3.42. The molecule has 0 radical (unpaired) electrons. The highest BCUT2D eigenvalue weighted by molar-refractivity contribution is 7.10. The van der Waals surface area contributed by atoms with Crippen molar-refractivity contribution < 1.29 is 9.47 Å². The molecule has 1 N–H and O–H groups in total. The zero-order valence-electron chi connectivity index (χ0n) is 12.9. The first kappa shape index (κ1) is 16.0. The summed E-state index contributed by atoms with van der Waals surface area (Å²) in [7, 11) is 0. The molecule has 0 spiro atoms. The summed E-state index contributed by atoms with van der Waals surface area (Å²) in [6.07, 6.45) is 3.08. The molecule has 3 nitrogen and oxygen atoms in total. The first-order chi connectivity index (χ1) is 9.73. The summed E-state index contributed by atoms with van der Waals surface area (Å²) in [6.45, 7) is 9.89. The van der Waals surface area contributed by atoms with Crippen molar-refractivity contribution in [3.05, 3.63) is 21.9 Å². The molecule has 4 heteroatoms. The van der Waals surface area contributed by atoms with Crippen LogP contribution in [0.5, 0.6) is 0 Å². The van der Waals surface area contributed by atoms with Gasteiger partial charge < -0.3 is 14.8 Å². The van der Waals surface area contributed by atoms with Crippen LogP contribution >= 0.6 is 11.3 Å². The third-order valence-electron chi connectivity index (χ3n) is 4.11. The summed E-state index contributed by atoms with van der Waals surface area (Å²) in [5.74, 6) is 0. The SMILES string of the molecule is CCCNC(c1ccsc1C)C1(OCC)CCOCC1. The molecule has 1 fully saturated rings. The van der Waals surface area contributed by atoms with Crippen molar-refractivity contribution in [2.75, 3.05) is 26.4 Å². The highest BCUT2D eigenvalue weighted by Crippen LogP contribution is 2.40. The molecular formula is C16H27NO2S. The zero-order chi connectivity index (χ0) is 14.4. The van der Waals surface area contributed by atoms with Gasteiger partial charge in [-0.15, -0.1) is 11.3 Å². The molecule has 1 saturated heterocycles. The third-order valence-corrected chi connectivity index (χ3v) is 4.97. The van der Waals surface area contributed by atoms with E-state index in [0.717, 1.165) is 45.6 Å². The Balaban J connectivity index is 2.29. The van der Waals surface area contributed by atoms with Gasteiger partial charge in [-0.2, -0.15) is 0 Å². The minimum absolute atomic E-state index is 0.117. The molecule has 114 valence electrons. The van der Waals surface area contributed by atoms with Crippen molar-refractivity contribution >= 4 is 11.3 Å². The van der Waals surface area contributed by atoms with Gasteiger partial charge in [0.2, 0.25) is 0 Å². The van der Waals surface area contributed by atoms with Crippen LogP contribution in [-0.4, -0.2) is 32.0 Å². The Labute approximate surface area is 126 Å². The molecule has 0 aromatic carbocycles. The number of hydrogen-bond donors (Lipinski definition) is 1. The Morgan fingerprint density at radius 3 is 2.70 bits per heavy atom. The van der Waals surface area contributed by atoms with Crippen molar-refractivity contribution in [3.63, 3.8) is 0 Å². The van der Waals surface area contributed by atoms with E-state index in [4.69, 9.17) is 9.47 Å². The van der Waals surface area contributed by atoms with Crippen LogP contribution in [0.15, 0.2) is 11.4 Å². The monoisotopic (exact) mass is 297 g/mol. The fraction of sp³-hybridized carbons (Fsp3) is 0.750. The van der Waals surface area contributed by atoms with Crippen molar-refractivity contribution in [1.82, 2.24) is 5.32 Å². The van der Waals surface area contributed by atoms with E-state index in [0.29, 0.717) is 0 Å². The van der Waals surface area contributed by atoms with E-state index in [1.54, 1.807) is 0 Å². The average Bonchev–Trinajstić information content (AvgIpc) is 2.87. The number of nitrogens with one attached hydrogen (secondary N) is 1. The van der Waals surface area contributed by atoms with Gasteiger partial charge in [0, 0.05) is 37.5 Å². The molecule has 0 bridgehead atoms. The highest BCUT2D eigenvalue weighted by atomic mass is 32.1. The predicted molar refractivity (Wildman–Crippen MR) is 84.5 cm³/mol. The molecule has 2 heterocycles. The summed E-state index contributed by atoms with van der Waals surface area (Å²) in [5.41, 5.74) is 1.28. The Hall–Kier alpha value is -0.420.